The van der Waals surface area contributed by atoms with Gasteiger partial charge in [-0.25, -0.2) is 13.8 Å². The Balaban J connectivity index is 1.62. The number of fused-ring (bicyclic) bond motifs is 5. The molecule has 34 heavy (non-hydrogen) atoms. The lowest BCUT2D eigenvalue weighted by molar-refractivity contribution is 0.0916. The number of benzene rings is 1. The Hall–Kier alpha value is -3.26. The SMILES string of the molecule is CC(CO)NC(=O)c1cccc([C@@]23CC[C@@H](c4cc(-c5c(F)cccc5F)nnc42)C3(C)C)n1. The summed E-state index contributed by atoms with van der Waals surface area (Å²) < 4.78 is 28.9. The van der Waals surface area contributed by atoms with Crippen LogP contribution in [0.15, 0.2) is 42.5 Å². The zero-order valence-electron chi connectivity index (χ0n) is 19.3. The van der Waals surface area contributed by atoms with Gasteiger partial charge in [-0.2, -0.15) is 5.10 Å². The van der Waals surface area contributed by atoms with Crippen molar-refractivity contribution in [2.45, 2.75) is 51.0 Å². The Morgan fingerprint density at radius 1 is 1.18 bits per heavy atom. The molecule has 1 fully saturated rings. The summed E-state index contributed by atoms with van der Waals surface area (Å²) in [6.45, 7) is 5.85. The van der Waals surface area contributed by atoms with Crippen LogP contribution in [0.3, 0.4) is 0 Å². The lowest BCUT2D eigenvalue weighted by Crippen LogP contribution is -2.39. The molecule has 0 aliphatic heterocycles. The van der Waals surface area contributed by atoms with Gasteiger partial charge in [-0.3, -0.25) is 4.79 Å². The number of halogens is 2. The summed E-state index contributed by atoms with van der Waals surface area (Å²) in [5, 5.41) is 20.8. The predicted octanol–water partition coefficient (Wildman–Crippen LogP) is 4.13. The highest BCUT2D eigenvalue weighted by Gasteiger charge is 2.65. The highest BCUT2D eigenvalue weighted by Crippen LogP contribution is 2.69. The molecule has 2 aromatic heterocycles. The first-order chi connectivity index (χ1) is 16.2. The number of aromatic nitrogens is 3. The number of hydrogen-bond donors (Lipinski definition) is 2. The van der Waals surface area contributed by atoms with Crippen LogP contribution in [0.4, 0.5) is 8.78 Å². The molecule has 1 aromatic carbocycles. The summed E-state index contributed by atoms with van der Waals surface area (Å²) in [5.74, 6) is -1.60. The minimum absolute atomic E-state index is 0.111. The molecule has 2 aliphatic rings. The van der Waals surface area contributed by atoms with E-state index in [0.717, 1.165) is 29.8 Å². The maximum Gasteiger partial charge on any atom is 0.270 e. The molecule has 0 spiro atoms. The molecular formula is C26H26F2N4O2. The van der Waals surface area contributed by atoms with Crippen molar-refractivity contribution >= 4 is 5.91 Å². The maximum atomic E-state index is 14.4. The molecule has 0 radical (unpaired) electrons. The van der Waals surface area contributed by atoms with E-state index in [4.69, 9.17) is 4.98 Å². The number of pyridine rings is 1. The van der Waals surface area contributed by atoms with Gasteiger partial charge in [0.25, 0.3) is 5.91 Å². The van der Waals surface area contributed by atoms with E-state index in [1.54, 1.807) is 25.1 Å². The summed E-state index contributed by atoms with van der Waals surface area (Å²) in [6.07, 6.45) is 1.65. The van der Waals surface area contributed by atoms with E-state index in [9.17, 15) is 18.7 Å². The van der Waals surface area contributed by atoms with Crippen LogP contribution in [-0.4, -0.2) is 38.8 Å². The molecule has 6 nitrogen and oxygen atoms in total. The van der Waals surface area contributed by atoms with Crippen LogP contribution < -0.4 is 5.32 Å². The molecule has 2 N–H and O–H groups in total. The van der Waals surface area contributed by atoms with Gasteiger partial charge in [-0.05, 0) is 67.0 Å². The number of nitrogens with one attached hydrogen (secondary N) is 1. The minimum atomic E-state index is -0.677. The molecule has 2 bridgehead atoms. The topological polar surface area (TPSA) is 88.0 Å². The Morgan fingerprint density at radius 2 is 1.88 bits per heavy atom. The molecule has 176 valence electrons. The second-order valence-corrected chi connectivity index (χ2v) is 9.81. The van der Waals surface area contributed by atoms with Gasteiger partial charge in [0, 0.05) is 6.04 Å². The summed E-state index contributed by atoms with van der Waals surface area (Å²) >= 11 is 0. The quantitative estimate of drug-likeness (QED) is 0.593. The van der Waals surface area contributed by atoms with Gasteiger partial charge in [0.15, 0.2) is 0 Å². The molecule has 8 heteroatoms. The molecule has 0 saturated heterocycles. The summed E-state index contributed by atoms with van der Waals surface area (Å²) in [7, 11) is 0. The van der Waals surface area contributed by atoms with Gasteiger partial charge in [0.1, 0.15) is 17.3 Å². The molecule has 3 atom stereocenters. The fraction of sp³-hybridized carbons (Fsp3) is 0.385. The number of carbonyl (C=O) groups is 1. The van der Waals surface area contributed by atoms with Crippen molar-refractivity contribution in [3.63, 3.8) is 0 Å². The highest BCUT2D eigenvalue weighted by molar-refractivity contribution is 5.92. The van der Waals surface area contributed by atoms with Crippen LogP contribution >= 0.6 is 0 Å². The smallest absolute Gasteiger partial charge is 0.270 e. The van der Waals surface area contributed by atoms with Crippen molar-refractivity contribution in [1.82, 2.24) is 20.5 Å². The number of carbonyl (C=O) groups excluding carboxylic acids is 1. The van der Waals surface area contributed by atoms with E-state index in [1.165, 1.54) is 18.2 Å². The number of amides is 1. The van der Waals surface area contributed by atoms with Crippen LogP contribution in [0.5, 0.6) is 0 Å². The Bertz CT molecular complexity index is 1280. The Kier molecular flexibility index (Phi) is 5.24. The average Bonchev–Trinajstić information content (AvgIpc) is 3.20. The fourth-order valence-electron chi connectivity index (χ4n) is 5.90. The van der Waals surface area contributed by atoms with Crippen molar-refractivity contribution in [2.75, 3.05) is 6.61 Å². The number of nitrogens with zero attached hydrogens (tertiary/aromatic N) is 3. The maximum absolute atomic E-state index is 14.4. The number of aliphatic hydroxyl groups excluding tert-OH is 1. The molecule has 2 heterocycles. The molecule has 1 amide bonds. The van der Waals surface area contributed by atoms with Crippen molar-refractivity contribution in [3.8, 4) is 11.3 Å². The summed E-state index contributed by atoms with van der Waals surface area (Å²) in [5.41, 5.74) is 1.79. The third kappa shape index (κ3) is 3.08. The summed E-state index contributed by atoms with van der Waals surface area (Å²) in [6, 6.07) is 10.5. The second kappa shape index (κ2) is 7.91. The van der Waals surface area contributed by atoms with Gasteiger partial charge in [-0.15, -0.1) is 5.10 Å². The second-order valence-electron chi connectivity index (χ2n) is 9.81. The molecule has 1 unspecified atom stereocenters. The van der Waals surface area contributed by atoms with E-state index in [1.807, 2.05) is 6.07 Å². The average molecular weight is 465 g/mol. The zero-order chi connectivity index (χ0) is 24.3. The van der Waals surface area contributed by atoms with Gasteiger partial charge in [0.05, 0.1) is 34.7 Å². The normalized spacial score (nSPS) is 22.9. The number of aliphatic hydroxyl groups is 1. The molecule has 3 aromatic rings. The van der Waals surface area contributed by atoms with Gasteiger partial charge >= 0.3 is 0 Å². The van der Waals surface area contributed by atoms with E-state index in [2.05, 4.69) is 29.4 Å². The van der Waals surface area contributed by atoms with E-state index in [-0.39, 0.29) is 40.8 Å². The van der Waals surface area contributed by atoms with Crippen molar-refractivity contribution in [1.29, 1.82) is 0 Å². The minimum Gasteiger partial charge on any atom is -0.394 e. The first-order valence-corrected chi connectivity index (χ1v) is 11.4. The van der Waals surface area contributed by atoms with Gasteiger partial charge < -0.3 is 10.4 Å². The van der Waals surface area contributed by atoms with Crippen LogP contribution in [0.25, 0.3) is 11.3 Å². The van der Waals surface area contributed by atoms with Crippen molar-refractivity contribution in [2.24, 2.45) is 5.41 Å². The van der Waals surface area contributed by atoms with E-state index in [0.29, 0.717) is 0 Å². The van der Waals surface area contributed by atoms with E-state index < -0.39 is 23.1 Å². The molecule has 2 aliphatic carbocycles. The molecular weight excluding hydrogens is 438 g/mol. The standard InChI is InChI=1S/C26H26F2N4O2/c1-14(13-33)29-24(34)19-8-5-9-21(30-19)26-11-10-16(25(26,2)3)15-12-20(31-32-23(15)26)22-17(27)6-4-7-18(22)28/h4-9,12,14,16,33H,10-11,13H2,1-3H3,(H,29,34)/t14?,16-,26-/m0/s1. The third-order valence-corrected chi connectivity index (χ3v) is 7.67. The highest BCUT2D eigenvalue weighted by atomic mass is 19.1. The van der Waals surface area contributed by atoms with Crippen LogP contribution in [0.1, 0.15) is 67.0 Å². The monoisotopic (exact) mass is 464 g/mol. The number of hydrogen-bond acceptors (Lipinski definition) is 5. The molecule has 5 rings (SSSR count). The van der Waals surface area contributed by atoms with Crippen LogP contribution in [-0.2, 0) is 5.41 Å². The fourth-order valence-corrected chi connectivity index (χ4v) is 5.90. The first-order valence-electron chi connectivity index (χ1n) is 11.4. The Labute approximate surface area is 196 Å². The summed E-state index contributed by atoms with van der Waals surface area (Å²) in [4.78, 5) is 17.4. The predicted molar refractivity (Wildman–Crippen MR) is 122 cm³/mol. The van der Waals surface area contributed by atoms with Crippen molar-refractivity contribution < 1.29 is 18.7 Å². The third-order valence-electron chi connectivity index (χ3n) is 7.67. The first kappa shape index (κ1) is 22.5. The molecule has 1 saturated carbocycles. The van der Waals surface area contributed by atoms with Crippen LogP contribution in [0.2, 0.25) is 0 Å². The lowest BCUT2D eigenvalue weighted by atomic mass is 9.66. The van der Waals surface area contributed by atoms with Crippen molar-refractivity contribution in [3.05, 3.63) is 76.7 Å². The van der Waals surface area contributed by atoms with Gasteiger partial charge in [0.2, 0.25) is 0 Å². The van der Waals surface area contributed by atoms with Crippen LogP contribution in [0, 0.1) is 17.0 Å². The number of rotatable bonds is 5. The Morgan fingerprint density at radius 3 is 2.59 bits per heavy atom. The lowest BCUT2D eigenvalue weighted by Gasteiger charge is -2.37. The van der Waals surface area contributed by atoms with Gasteiger partial charge in [-0.1, -0.05) is 26.0 Å². The zero-order valence-corrected chi connectivity index (χ0v) is 19.3. The largest absolute Gasteiger partial charge is 0.394 e. The van der Waals surface area contributed by atoms with E-state index >= 15 is 0 Å².